The number of rotatable bonds is 2. The van der Waals surface area contributed by atoms with Crippen molar-refractivity contribution < 1.29 is 4.79 Å². The van der Waals surface area contributed by atoms with Crippen molar-refractivity contribution in [2.75, 3.05) is 13.1 Å². The van der Waals surface area contributed by atoms with Gasteiger partial charge in [-0.15, -0.1) is 12.4 Å². The number of hydrogen-bond acceptors (Lipinski definition) is 2. The van der Waals surface area contributed by atoms with Crippen molar-refractivity contribution in [1.82, 2.24) is 4.90 Å². The molecule has 2 rings (SSSR count). The highest BCUT2D eigenvalue weighted by Crippen LogP contribution is 2.27. The fraction of sp³-hybridized carbons (Fsp3) is 0.500. The second-order valence-electron chi connectivity index (χ2n) is 5.14. The molecule has 1 heterocycles. The van der Waals surface area contributed by atoms with Crippen LogP contribution in [-0.4, -0.2) is 29.9 Å². The Morgan fingerprint density at radius 1 is 1.55 bits per heavy atom. The molecule has 1 amide bonds. The van der Waals surface area contributed by atoms with Gasteiger partial charge in [-0.05, 0) is 52.9 Å². The van der Waals surface area contributed by atoms with E-state index in [4.69, 9.17) is 17.3 Å². The Morgan fingerprint density at radius 2 is 2.25 bits per heavy atom. The quantitative estimate of drug-likeness (QED) is 0.848. The van der Waals surface area contributed by atoms with Crippen LogP contribution in [0.2, 0.25) is 5.02 Å². The van der Waals surface area contributed by atoms with Crippen LogP contribution in [0.15, 0.2) is 22.7 Å². The normalized spacial score (nSPS) is 22.3. The van der Waals surface area contributed by atoms with Gasteiger partial charge in [-0.25, -0.2) is 0 Å². The Morgan fingerprint density at radius 3 is 2.90 bits per heavy atom. The minimum Gasteiger partial charge on any atom is -0.334 e. The lowest BCUT2D eigenvalue weighted by atomic mass is 9.92. The highest BCUT2D eigenvalue weighted by atomic mass is 79.9. The molecule has 2 atom stereocenters. The van der Waals surface area contributed by atoms with Crippen molar-refractivity contribution in [2.45, 2.75) is 25.8 Å². The maximum absolute atomic E-state index is 12.6. The first-order valence-electron chi connectivity index (χ1n) is 6.49. The topological polar surface area (TPSA) is 46.3 Å². The zero-order chi connectivity index (χ0) is 14.0. The number of benzene rings is 1. The van der Waals surface area contributed by atoms with Crippen molar-refractivity contribution >= 4 is 45.8 Å². The third-order valence-corrected chi connectivity index (χ3v) is 4.60. The van der Waals surface area contributed by atoms with Crippen LogP contribution < -0.4 is 5.73 Å². The van der Waals surface area contributed by atoms with Crippen molar-refractivity contribution in [2.24, 2.45) is 11.7 Å². The third-order valence-electron chi connectivity index (χ3n) is 3.67. The summed E-state index contributed by atoms with van der Waals surface area (Å²) in [6.07, 6.45) is 2.00. The molecule has 1 aromatic carbocycles. The van der Waals surface area contributed by atoms with Crippen molar-refractivity contribution in [3.8, 4) is 0 Å². The average Bonchev–Trinajstić information content (AvgIpc) is 2.40. The first kappa shape index (κ1) is 17.8. The molecule has 0 aromatic heterocycles. The first-order chi connectivity index (χ1) is 9.02. The number of likely N-dealkylation sites (tertiary alicyclic amines) is 1. The van der Waals surface area contributed by atoms with E-state index in [9.17, 15) is 4.79 Å². The summed E-state index contributed by atoms with van der Waals surface area (Å²) < 4.78 is 0.774. The van der Waals surface area contributed by atoms with Crippen LogP contribution in [0.4, 0.5) is 0 Å². The molecule has 2 N–H and O–H groups in total. The fourth-order valence-corrected chi connectivity index (χ4v) is 3.15. The lowest BCUT2D eigenvalue weighted by Crippen LogP contribution is -2.49. The summed E-state index contributed by atoms with van der Waals surface area (Å²) in [4.78, 5) is 14.5. The van der Waals surface area contributed by atoms with Crippen LogP contribution in [0.25, 0.3) is 0 Å². The van der Waals surface area contributed by atoms with E-state index in [0.29, 0.717) is 23.0 Å². The summed E-state index contributed by atoms with van der Waals surface area (Å²) in [7, 11) is 0. The highest BCUT2D eigenvalue weighted by Gasteiger charge is 2.30. The van der Waals surface area contributed by atoms with Gasteiger partial charge in [0.15, 0.2) is 0 Å². The van der Waals surface area contributed by atoms with Crippen LogP contribution in [-0.2, 0) is 0 Å². The van der Waals surface area contributed by atoms with Gasteiger partial charge in [0, 0.05) is 28.6 Å². The maximum atomic E-state index is 12.6. The molecule has 1 fully saturated rings. The number of hydrogen-bond donors (Lipinski definition) is 1. The maximum Gasteiger partial charge on any atom is 0.255 e. The molecule has 6 heteroatoms. The number of nitrogens with zero attached hydrogens (tertiary/aromatic N) is 1. The van der Waals surface area contributed by atoms with E-state index in [1.54, 1.807) is 18.2 Å². The first-order valence-corrected chi connectivity index (χ1v) is 7.66. The smallest absolute Gasteiger partial charge is 0.255 e. The molecule has 0 radical (unpaired) electrons. The lowest BCUT2D eigenvalue weighted by molar-refractivity contribution is 0.0572. The zero-order valence-electron chi connectivity index (χ0n) is 11.3. The molecule has 0 saturated carbocycles. The Bertz CT molecular complexity index is 484. The molecule has 20 heavy (non-hydrogen) atoms. The Balaban J connectivity index is 0.00000200. The number of carbonyl (C=O) groups is 1. The van der Waals surface area contributed by atoms with E-state index in [1.165, 1.54) is 0 Å². The zero-order valence-corrected chi connectivity index (χ0v) is 14.5. The van der Waals surface area contributed by atoms with Gasteiger partial charge in [0.05, 0.1) is 5.56 Å². The van der Waals surface area contributed by atoms with Gasteiger partial charge in [0.1, 0.15) is 0 Å². The van der Waals surface area contributed by atoms with E-state index < -0.39 is 0 Å². The van der Waals surface area contributed by atoms with Gasteiger partial charge in [-0.2, -0.15) is 0 Å². The Kier molecular flexibility index (Phi) is 6.79. The van der Waals surface area contributed by atoms with Gasteiger partial charge < -0.3 is 10.6 Å². The summed E-state index contributed by atoms with van der Waals surface area (Å²) in [5.74, 6) is 0.636. The molecule has 112 valence electrons. The van der Waals surface area contributed by atoms with E-state index in [1.807, 2.05) is 4.90 Å². The van der Waals surface area contributed by atoms with Crippen LogP contribution in [0.5, 0.6) is 0 Å². The lowest BCUT2D eigenvalue weighted by Gasteiger charge is -2.38. The minimum atomic E-state index is 0. The predicted octanol–water partition coefficient (Wildman–Crippen LogP) is 3.72. The van der Waals surface area contributed by atoms with Gasteiger partial charge in [0.25, 0.3) is 5.91 Å². The molecule has 0 spiro atoms. The SMILES string of the molecule is CC1CCN(C(=O)c2cc(Cl)ccc2Br)C(CN)C1.Cl. The number of carbonyl (C=O) groups excluding carboxylic acids is 1. The van der Waals surface area contributed by atoms with Gasteiger partial charge >= 0.3 is 0 Å². The molecule has 1 aromatic rings. The van der Waals surface area contributed by atoms with Crippen molar-refractivity contribution in [3.05, 3.63) is 33.3 Å². The highest BCUT2D eigenvalue weighted by molar-refractivity contribution is 9.10. The largest absolute Gasteiger partial charge is 0.334 e. The van der Waals surface area contributed by atoms with Crippen LogP contribution in [0, 0.1) is 5.92 Å². The second-order valence-corrected chi connectivity index (χ2v) is 6.43. The average molecular weight is 382 g/mol. The van der Waals surface area contributed by atoms with E-state index in [-0.39, 0.29) is 24.4 Å². The Hall–Kier alpha value is -0.290. The molecule has 0 bridgehead atoms. The molecule has 2 unspecified atom stereocenters. The number of piperidine rings is 1. The Labute approximate surface area is 139 Å². The molecule has 1 aliphatic rings. The fourth-order valence-electron chi connectivity index (χ4n) is 2.56. The molecule has 1 saturated heterocycles. The van der Waals surface area contributed by atoms with Crippen LogP contribution in [0.3, 0.4) is 0 Å². The minimum absolute atomic E-state index is 0. The monoisotopic (exact) mass is 380 g/mol. The number of halogens is 3. The van der Waals surface area contributed by atoms with Gasteiger partial charge in [-0.3, -0.25) is 4.79 Å². The number of amides is 1. The van der Waals surface area contributed by atoms with E-state index >= 15 is 0 Å². The summed E-state index contributed by atoms with van der Waals surface area (Å²) in [5, 5.41) is 0.571. The predicted molar refractivity (Wildman–Crippen MR) is 88.7 cm³/mol. The van der Waals surface area contributed by atoms with Crippen molar-refractivity contribution in [3.63, 3.8) is 0 Å². The second kappa shape index (κ2) is 7.64. The van der Waals surface area contributed by atoms with Crippen LogP contribution >= 0.6 is 39.9 Å². The number of nitrogens with two attached hydrogens (primary N) is 1. The third kappa shape index (κ3) is 3.88. The summed E-state index contributed by atoms with van der Waals surface area (Å²) in [6.45, 7) is 3.48. The molecular weight excluding hydrogens is 363 g/mol. The van der Waals surface area contributed by atoms with Crippen molar-refractivity contribution in [1.29, 1.82) is 0 Å². The summed E-state index contributed by atoms with van der Waals surface area (Å²) in [5.41, 5.74) is 6.42. The molecular formula is C14H19BrCl2N2O. The summed E-state index contributed by atoms with van der Waals surface area (Å²) in [6, 6.07) is 5.41. The summed E-state index contributed by atoms with van der Waals surface area (Å²) >= 11 is 9.39. The van der Waals surface area contributed by atoms with E-state index in [2.05, 4.69) is 22.9 Å². The molecule has 3 nitrogen and oxygen atoms in total. The van der Waals surface area contributed by atoms with Crippen LogP contribution in [0.1, 0.15) is 30.1 Å². The van der Waals surface area contributed by atoms with E-state index in [0.717, 1.165) is 23.9 Å². The standard InChI is InChI=1S/C14H18BrClN2O.ClH/c1-9-4-5-18(11(6-9)8-17)14(19)12-7-10(16)2-3-13(12)15;/h2-3,7,9,11H,4-6,8,17H2,1H3;1H. The van der Waals surface area contributed by atoms with Gasteiger partial charge in [-0.1, -0.05) is 18.5 Å². The van der Waals surface area contributed by atoms with Gasteiger partial charge in [0.2, 0.25) is 0 Å². The molecule has 0 aliphatic carbocycles. The molecule has 1 aliphatic heterocycles.